The number of likely N-dealkylation sites (tertiary alicyclic amines) is 1. The summed E-state index contributed by atoms with van der Waals surface area (Å²) in [6, 6.07) is 0.466. The molecule has 2 atom stereocenters. The van der Waals surface area contributed by atoms with Crippen LogP contribution in [-0.2, 0) is 14.3 Å². The fourth-order valence-electron chi connectivity index (χ4n) is 2.68. The van der Waals surface area contributed by atoms with Crippen molar-refractivity contribution in [3.05, 3.63) is 0 Å². The van der Waals surface area contributed by atoms with Gasteiger partial charge in [-0.1, -0.05) is 0 Å². The quantitative estimate of drug-likeness (QED) is 0.692. The number of methoxy groups -OCH3 is 1. The zero-order valence-electron chi connectivity index (χ0n) is 11.0. The molecule has 0 aromatic rings. The number of ether oxygens (including phenoxy) is 2. The Labute approximate surface area is 108 Å². The van der Waals surface area contributed by atoms with Gasteiger partial charge in [-0.2, -0.15) is 0 Å². The zero-order valence-corrected chi connectivity index (χ0v) is 11.0. The van der Waals surface area contributed by atoms with Gasteiger partial charge < -0.3 is 20.1 Å². The molecule has 0 aromatic heterocycles. The molecule has 2 aliphatic rings. The molecule has 18 heavy (non-hydrogen) atoms. The van der Waals surface area contributed by atoms with Gasteiger partial charge in [0.2, 0.25) is 0 Å². The first-order valence-electron chi connectivity index (χ1n) is 6.59. The average molecular weight is 257 g/mol. The number of morpholine rings is 1. The van der Waals surface area contributed by atoms with Crippen LogP contribution in [0.3, 0.4) is 0 Å². The topological polar surface area (TPSA) is 68.0 Å². The minimum absolute atomic E-state index is 0.0239. The van der Waals surface area contributed by atoms with Gasteiger partial charge in [0.05, 0.1) is 13.2 Å². The minimum atomic E-state index is -0.492. The van der Waals surface area contributed by atoms with E-state index in [4.69, 9.17) is 15.2 Å². The van der Waals surface area contributed by atoms with E-state index in [1.54, 1.807) is 0 Å². The lowest BCUT2D eigenvalue weighted by Crippen LogP contribution is -2.47. The summed E-state index contributed by atoms with van der Waals surface area (Å²) in [7, 11) is 1.53. The van der Waals surface area contributed by atoms with Crippen molar-refractivity contribution < 1.29 is 14.3 Å². The molecule has 0 aromatic carbocycles. The van der Waals surface area contributed by atoms with Crippen LogP contribution in [0.5, 0.6) is 0 Å². The van der Waals surface area contributed by atoms with Crippen LogP contribution in [0, 0.1) is 0 Å². The Balaban J connectivity index is 1.85. The first kappa shape index (κ1) is 13.7. The van der Waals surface area contributed by atoms with Gasteiger partial charge in [-0.3, -0.25) is 9.69 Å². The van der Waals surface area contributed by atoms with E-state index >= 15 is 0 Å². The van der Waals surface area contributed by atoms with Crippen LogP contribution in [0.2, 0.25) is 0 Å². The molecule has 0 radical (unpaired) electrons. The van der Waals surface area contributed by atoms with E-state index in [2.05, 4.69) is 4.90 Å². The SMILES string of the molecule is COC(CN)C(=O)N1CCC(N2CCOCC2)C1. The lowest BCUT2D eigenvalue weighted by Gasteiger charge is -2.32. The van der Waals surface area contributed by atoms with Crippen molar-refractivity contribution in [1.82, 2.24) is 9.80 Å². The highest BCUT2D eigenvalue weighted by Gasteiger charge is 2.33. The normalized spacial score (nSPS) is 27.4. The maximum absolute atomic E-state index is 12.1. The predicted octanol–water partition coefficient (Wildman–Crippen LogP) is -1.11. The Kier molecular flexibility index (Phi) is 4.94. The summed E-state index contributed by atoms with van der Waals surface area (Å²) in [5.41, 5.74) is 5.53. The van der Waals surface area contributed by atoms with Gasteiger partial charge in [-0.25, -0.2) is 0 Å². The second-order valence-electron chi connectivity index (χ2n) is 4.84. The number of rotatable bonds is 4. The van der Waals surface area contributed by atoms with Gasteiger partial charge in [-0.15, -0.1) is 0 Å². The van der Waals surface area contributed by atoms with Gasteiger partial charge in [0, 0.05) is 45.9 Å². The van der Waals surface area contributed by atoms with Crippen LogP contribution >= 0.6 is 0 Å². The van der Waals surface area contributed by atoms with Crippen molar-refractivity contribution in [2.75, 3.05) is 53.0 Å². The molecule has 0 saturated carbocycles. The van der Waals surface area contributed by atoms with Crippen LogP contribution in [0.1, 0.15) is 6.42 Å². The third-order valence-electron chi connectivity index (χ3n) is 3.81. The van der Waals surface area contributed by atoms with Gasteiger partial charge in [-0.05, 0) is 6.42 Å². The van der Waals surface area contributed by atoms with Crippen LogP contribution in [0.4, 0.5) is 0 Å². The number of amides is 1. The number of hydrogen-bond acceptors (Lipinski definition) is 5. The summed E-state index contributed by atoms with van der Waals surface area (Å²) >= 11 is 0. The van der Waals surface area contributed by atoms with Crippen LogP contribution in [0.25, 0.3) is 0 Å². The van der Waals surface area contributed by atoms with Crippen LogP contribution < -0.4 is 5.73 Å². The molecule has 0 aliphatic carbocycles. The second-order valence-corrected chi connectivity index (χ2v) is 4.84. The molecular weight excluding hydrogens is 234 g/mol. The summed E-state index contributed by atoms with van der Waals surface area (Å²) < 4.78 is 10.5. The highest BCUT2D eigenvalue weighted by molar-refractivity contribution is 5.81. The van der Waals surface area contributed by atoms with Crippen molar-refractivity contribution in [3.63, 3.8) is 0 Å². The third-order valence-corrected chi connectivity index (χ3v) is 3.81. The minimum Gasteiger partial charge on any atom is -0.379 e. The standard InChI is InChI=1S/C12H23N3O3/c1-17-11(8-13)12(16)15-3-2-10(9-15)14-4-6-18-7-5-14/h10-11H,2-9,13H2,1H3. The molecule has 6 heteroatoms. The van der Waals surface area contributed by atoms with Crippen molar-refractivity contribution in [1.29, 1.82) is 0 Å². The lowest BCUT2D eigenvalue weighted by molar-refractivity contribution is -0.140. The fraction of sp³-hybridized carbons (Fsp3) is 0.917. The van der Waals surface area contributed by atoms with Crippen molar-refractivity contribution in [2.45, 2.75) is 18.6 Å². The molecule has 2 rings (SSSR count). The number of nitrogens with zero attached hydrogens (tertiary/aromatic N) is 2. The largest absolute Gasteiger partial charge is 0.379 e. The fourth-order valence-corrected chi connectivity index (χ4v) is 2.68. The summed E-state index contributed by atoms with van der Waals surface area (Å²) in [6.45, 7) is 5.38. The highest BCUT2D eigenvalue weighted by Crippen LogP contribution is 2.18. The second kappa shape index (κ2) is 6.47. The van der Waals surface area contributed by atoms with Crippen molar-refractivity contribution in [2.24, 2.45) is 5.73 Å². The average Bonchev–Trinajstić information content (AvgIpc) is 2.90. The Morgan fingerprint density at radius 1 is 1.44 bits per heavy atom. The van der Waals surface area contributed by atoms with E-state index < -0.39 is 6.10 Å². The number of carbonyl (C=O) groups is 1. The maximum atomic E-state index is 12.1. The van der Waals surface area contributed by atoms with E-state index in [-0.39, 0.29) is 12.5 Å². The zero-order chi connectivity index (χ0) is 13.0. The van der Waals surface area contributed by atoms with E-state index in [1.165, 1.54) is 7.11 Å². The number of nitrogens with two attached hydrogens (primary N) is 1. The molecule has 2 heterocycles. The predicted molar refractivity (Wildman–Crippen MR) is 67.2 cm³/mol. The van der Waals surface area contributed by atoms with E-state index in [0.29, 0.717) is 6.04 Å². The Hall–Kier alpha value is -0.690. The molecular formula is C12H23N3O3. The third kappa shape index (κ3) is 3.00. The molecule has 2 saturated heterocycles. The lowest BCUT2D eigenvalue weighted by atomic mass is 10.2. The Morgan fingerprint density at radius 2 is 2.17 bits per heavy atom. The molecule has 2 aliphatic heterocycles. The first-order valence-corrected chi connectivity index (χ1v) is 6.59. The number of carbonyl (C=O) groups excluding carboxylic acids is 1. The molecule has 2 N–H and O–H groups in total. The monoisotopic (exact) mass is 257 g/mol. The highest BCUT2D eigenvalue weighted by atomic mass is 16.5. The van der Waals surface area contributed by atoms with Crippen molar-refractivity contribution >= 4 is 5.91 Å². The van der Waals surface area contributed by atoms with E-state index in [9.17, 15) is 4.79 Å². The molecule has 104 valence electrons. The van der Waals surface area contributed by atoms with E-state index in [1.807, 2.05) is 4.90 Å². The molecule has 0 bridgehead atoms. The molecule has 1 amide bonds. The van der Waals surface area contributed by atoms with Crippen LogP contribution in [0.15, 0.2) is 0 Å². The summed E-state index contributed by atoms with van der Waals surface area (Å²) in [5.74, 6) is 0.0239. The summed E-state index contributed by atoms with van der Waals surface area (Å²) in [6.07, 6.45) is 0.542. The summed E-state index contributed by atoms with van der Waals surface area (Å²) in [5, 5.41) is 0. The summed E-state index contributed by atoms with van der Waals surface area (Å²) in [4.78, 5) is 16.4. The van der Waals surface area contributed by atoms with Crippen molar-refractivity contribution in [3.8, 4) is 0 Å². The number of hydrogen-bond donors (Lipinski definition) is 1. The molecule has 2 unspecified atom stereocenters. The van der Waals surface area contributed by atoms with Gasteiger partial charge in [0.15, 0.2) is 0 Å². The smallest absolute Gasteiger partial charge is 0.253 e. The van der Waals surface area contributed by atoms with Gasteiger partial charge >= 0.3 is 0 Å². The molecule has 6 nitrogen and oxygen atoms in total. The molecule has 2 fully saturated rings. The Morgan fingerprint density at radius 3 is 2.78 bits per heavy atom. The Bertz CT molecular complexity index is 278. The first-order chi connectivity index (χ1) is 8.76. The molecule has 0 spiro atoms. The maximum Gasteiger partial charge on any atom is 0.253 e. The van der Waals surface area contributed by atoms with E-state index in [0.717, 1.165) is 45.8 Å². The van der Waals surface area contributed by atoms with Gasteiger partial charge in [0.1, 0.15) is 6.10 Å². The van der Waals surface area contributed by atoms with Gasteiger partial charge in [0.25, 0.3) is 5.91 Å². The van der Waals surface area contributed by atoms with Crippen LogP contribution in [-0.4, -0.2) is 80.9 Å².